The number of hydrogen-bond donors (Lipinski definition) is 2. The lowest BCUT2D eigenvalue weighted by atomic mass is 9.85. The molecule has 1 amide bonds. The Morgan fingerprint density at radius 3 is 2.64 bits per heavy atom. The number of phenols is 1. The Bertz CT molecular complexity index is 702. The molecule has 4 heteroatoms. The quantitative estimate of drug-likeness (QED) is 0.881. The Labute approximate surface area is 149 Å². The normalized spacial score (nSPS) is 21.0. The predicted octanol–water partition coefficient (Wildman–Crippen LogP) is 3.13. The molecule has 2 aromatic rings. The van der Waals surface area contributed by atoms with E-state index in [4.69, 9.17) is 0 Å². The summed E-state index contributed by atoms with van der Waals surface area (Å²) in [6.45, 7) is 1.75. The largest absolute Gasteiger partial charge is 0.508 e. The highest BCUT2D eigenvalue weighted by Crippen LogP contribution is 2.34. The lowest BCUT2D eigenvalue weighted by Gasteiger charge is -2.39. The predicted molar refractivity (Wildman–Crippen MR) is 99.4 cm³/mol. The molecule has 0 bridgehead atoms. The third kappa shape index (κ3) is 4.40. The zero-order valence-corrected chi connectivity index (χ0v) is 14.7. The van der Waals surface area contributed by atoms with Gasteiger partial charge in [0.05, 0.1) is 6.42 Å². The molecule has 1 aliphatic rings. The highest BCUT2D eigenvalue weighted by atomic mass is 16.3. The average molecular weight is 338 g/mol. The van der Waals surface area contributed by atoms with Crippen molar-refractivity contribution in [3.63, 3.8) is 0 Å². The van der Waals surface area contributed by atoms with Gasteiger partial charge < -0.3 is 10.4 Å². The molecular weight excluding hydrogens is 312 g/mol. The Morgan fingerprint density at radius 2 is 1.88 bits per heavy atom. The maximum atomic E-state index is 12.3. The minimum Gasteiger partial charge on any atom is -0.508 e. The van der Waals surface area contributed by atoms with Crippen molar-refractivity contribution in [2.45, 2.75) is 25.3 Å². The molecule has 25 heavy (non-hydrogen) atoms. The molecule has 0 radical (unpaired) electrons. The fraction of sp³-hybridized carbons (Fsp3) is 0.381. The summed E-state index contributed by atoms with van der Waals surface area (Å²) >= 11 is 0. The number of nitrogens with zero attached hydrogens (tertiary/aromatic N) is 1. The van der Waals surface area contributed by atoms with Gasteiger partial charge in [0.15, 0.2) is 0 Å². The number of aromatic hydroxyl groups is 1. The van der Waals surface area contributed by atoms with E-state index in [9.17, 15) is 9.90 Å². The third-order valence-corrected chi connectivity index (χ3v) is 5.05. The van der Waals surface area contributed by atoms with Crippen LogP contribution >= 0.6 is 0 Å². The van der Waals surface area contributed by atoms with E-state index in [-0.39, 0.29) is 18.1 Å². The van der Waals surface area contributed by atoms with Gasteiger partial charge in [0.2, 0.25) is 5.91 Å². The first kappa shape index (κ1) is 17.5. The van der Waals surface area contributed by atoms with Crippen LogP contribution in [0.2, 0.25) is 0 Å². The van der Waals surface area contributed by atoms with Crippen LogP contribution in [0.3, 0.4) is 0 Å². The molecule has 2 N–H and O–H groups in total. The number of carbonyl (C=O) groups excluding carboxylic acids is 1. The molecule has 0 aromatic heterocycles. The third-order valence-electron chi connectivity index (χ3n) is 5.05. The van der Waals surface area contributed by atoms with Gasteiger partial charge >= 0.3 is 0 Å². The van der Waals surface area contributed by atoms with Crippen LogP contribution in [0.1, 0.15) is 30.0 Å². The maximum absolute atomic E-state index is 12.3. The highest BCUT2D eigenvalue weighted by molar-refractivity contribution is 5.79. The number of amides is 1. The molecule has 1 heterocycles. The molecule has 3 rings (SSSR count). The molecule has 2 aromatic carbocycles. The van der Waals surface area contributed by atoms with Crippen LogP contribution in [0, 0.1) is 5.92 Å². The molecule has 132 valence electrons. The molecule has 1 fully saturated rings. The molecule has 2 atom stereocenters. The Hall–Kier alpha value is -2.33. The van der Waals surface area contributed by atoms with Crippen molar-refractivity contribution < 1.29 is 9.90 Å². The van der Waals surface area contributed by atoms with Gasteiger partial charge in [0, 0.05) is 18.2 Å². The van der Waals surface area contributed by atoms with Crippen molar-refractivity contribution in [2.75, 3.05) is 20.1 Å². The van der Waals surface area contributed by atoms with Gasteiger partial charge in [-0.15, -0.1) is 0 Å². The number of para-hydroxylation sites is 1. The van der Waals surface area contributed by atoms with Gasteiger partial charge in [-0.3, -0.25) is 9.69 Å². The van der Waals surface area contributed by atoms with E-state index in [1.165, 1.54) is 5.56 Å². The summed E-state index contributed by atoms with van der Waals surface area (Å²) in [5, 5.41) is 12.9. The van der Waals surface area contributed by atoms with Crippen molar-refractivity contribution in [1.82, 2.24) is 10.2 Å². The second-order valence-electron chi connectivity index (χ2n) is 6.85. The molecule has 0 spiro atoms. The van der Waals surface area contributed by atoms with Crippen molar-refractivity contribution in [3.8, 4) is 5.75 Å². The van der Waals surface area contributed by atoms with E-state index in [0.717, 1.165) is 19.4 Å². The zero-order chi connectivity index (χ0) is 17.6. The first-order valence-corrected chi connectivity index (χ1v) is 8.94. The fourth-order valence-electron chi connectivity index (χ4n) is 3.79. The SMILES string of the molecule is CN1CCC[C@H](CNC(=O)Cc2ccccc2O)[C@@H]1c1ccccc1. The Morgan fingerprint density at radius 1 is 1.16 bits per heavy atom. The Kier molecular flexibility index (Phi) is 5.71. The molecule has 4 nitrogen and oxygen atoms in total. The number of benzene rings is 2. The van der Waals surface area contributed by atoms with Crippen LogP contribution in [0.5, 0.6) is 5.75 Å². The summed E-state index contributed by atoms with van der Waals surface area (Å²) in [7, 11) is 2.16. The lowest BCUT2D eigenvalue weighted by Crippen LogP contribution is -2.42. The minimum atomic E-state index is -0.0402. The molecule has 0 aliphatic carbocycles. The van der Waals surface area contributed by atoms with E-state index in [2.05, 4.69) is 41.5 Å². The van der Waals surface area contributed by atoms with Crippen LogP contribution < -0.4 is 5.32 Å². The Balaban J connectivity index is 1.62. The average Bonchev–Trinajstić information content (AvgIpc) is 2.63. The fourth-order valence-corrected chi connectivity index (χ4v) is 3.79. The molecular formula is C21H26N2O2. The smallest absolute Gasteiger partial charge is 0.224 e. The second kappa shape index (κ2) is 8.17. The highest BCUT2D eigenvalue weighted by Gasteiger charge is 2.30. The first-order chi connectivity index (χ1) is 12.1. The lowest BCUT2D eigenvalue weighted by molar-refractivity contribution is -0.120. The van der Waals surface area contributed by atoms with Crippen LogP contribution in [0.4, 0.5) is 0 Å². The summed E-state index contributed by atoms with van der Waals surface area (Å²) in [4.78, 5) is 14.7. The molecule has 1 aliphatic heterocycles. The van der Waals surface area contributed by atoms with Gasteiger partial charge in [-0.2, -0.15) is 0 Å². The number of carbonyl (C=O) groups is 1. The number of rotatable bonds is 5. The minimum absolute atomic E-state index is 0.0402. The van der Waals surface area contributed by atoms with Gasteiger partial charge in [-0.25, -0.2) is 0 Å². The topological polar surface area (TPSA) is 52.6 Å². The number of phenolic OH excluding ortho intramolecular Hbond substituents is 1. The summed E-state index contributed by atoms with van der Waals surface area (Å²) in [6.07, 6.45) is 2.48. The standard InChI is InChI=1S/C21H26N2O2/c1-23-13-7-11-18(21(23)16-8-3-2-4-9-16)15-22-20(25)14-17-10-5-6-12-19(17)24/h2-6,8-10,12,18,21,24H,7,11,13-15H2,1H3,(H,22,25)/t18-,21+/m1/s1. The molecule has 1 saturated heterocycles. The monoisotopic (exact) mass is 338 g/mol. The van der Waals surface area contributed by atoms with Gasteiger partial charge in [0.1, 0.15) is 5.75 Å². The number of nitrogens with one attached hydrogen (secondary N) is 1. The van der Waals surface area contributed by atoms with Crippen LogP contribution in [-0.2, 0) is 11.2 Å². The maximum Gasteiger partial charge on any atom is 0.224 e. The van der Waals surface area contributed by atoms with E-state index >= 15 is 0 Å². The molecule has 0 saturated carbocycles. The van der Waals surface area contributed by atoms with Crippen molar-refractivity contribution in [2.24, 2.45) is 5.92 Å². The second-order valence-corrected chi connectivity index (χ2v) is 6.85. The number of hydrogen-bond acceptors (Lipinski definition) is 3. The summed E-state index contributed by atoms with van der Waals surface area (Å²) in [5.41, 5.74) is 1.98. The van der Waals surface area contributed by atoms with Crippen LogP contribution in [0.25, 0.3) is 0 Å². The number of piperidine rings is 1. The van der Waals surface area contributed by atoms with E-state index in [1.807, 2.05) is 12.1 Å². The van der Waals surface area contributed by atoms with Crippen molar-refractivity contribution in [3.05, 3.63) is 65.7 Å². The summed E-state index contributed by atoms with van der Waals surface area (Å²) in [6, 6.07) is 17.9. The van der Waals surface area contributed by atoms with Gasteiger partial charge in [0.25, 0.3) is 0 Å². The molecule has 0 unspecified atom stereocenters. The van der Waals surface area contributed by atoms with Crippen LogP contribution in [-0.4, -0.2) is 36.1 Å². The van der Waals surface area contributed by atoms with E-state index in [0.29, 0.717) is 24.1 Å². The summed E-state index contributed by atoms with van der Waals surface area (Å²) < 4.78 is 0. The van der Waals surface area contributed by atoms with Crippen molar-refractivity contribution >= 4 is 5.91 Å². The van der Waals surface area contributed by atoms with Gasteiger partial charge in [-0.05, 0) is 44.0 Å². The number of likely N-dealkylation sites (tertiary alicyclic amines) is 1. The van der Waals surface area contributed by atoms with Crippen molar-refractivity contribution in [1.29, 1.82) is 0 Å². The zero-order valence-electron chi connectivity index (χ0n) is 14.7. The van der Waals surface area contributed by atoms with E-state index in [1.54, 1.807) is 18.2 Å². The van der Waals surface area contributed by atoms with Crippen LogP contribution in [0.15, 0.2) is 54.6 Å². The van der Waals surface area contributed by atoms with E-state index < -0.39 is 0 Å². The van der Waals surface area contributed by atoms with Gasteiger partial charge in [-0.1, -0.05) is 48.5 Å². The summed E-state index contributed by atoms with van der Waals surface area (Å²) in [5.74, 6) is 0.535. The first-order valence-electron chi connectivity index (χ1n) is 8.94.